The van der Waals surface area contributed by atoms with Crippen molar-refractivity contribution in [1.29, 1.82) is 0 Å². The van der Waals surface area contributed by atoms with Crippen molar-refractivity contribution in [3.8, 4) is 0 Å². The molecule has 0 nitrogen and oxygen atoms in total. The molecule has 0 aromatic carbocycles. The second-order valence-corrected chi connectivity index (χ2v) is 17.9. The molecule has 0 saturated heterocycles. The molecule has 0 spiro atoms. The highest BCUT2D eigenvalue weighted by Crippen LogP contribution is 2.67. The second-order valence-electron chi connectivity index (χ2n) is 12.9. The molecule has 4 saturated carbocycles. The largest absolute Gasteiger partial charge is 0.103 e. The molecule has 8 unspecified atom stereocenters. The van der Waals surface area contributed by atoms with Crippen molar-refractivity contribution in [2.24, 2.45) is 35.5 Å². The van der Waals surface area contributed by atoms with Crippen LogP contribution in [0.1, 0.15) is 117 Å². The Bertz CT molecular complexity index is 568. The van der Waals surface area contributed by atoms with Gasteiger partial charge in [-0.2, -0.15) is 0 Å². The van der Waals surface area contributed by atoms with Crippen molar-refractivity contribution in [3.05, 3.63) is 25.3 Å². The Morgan fingerprint density at radius 2 is 1.03 bits per heavy atom. The molecule has 33 heavy (non-hydrogen) atoms. The number of rotatable bonds is 12. The molecule has 188 valence electrons. The van der Waals surface area contributed by atoms with Crippen LogP contribution in [0.5, 0.6) is 0 Å². The summed E-state index contributed by atoms with van der Waals surface area (Å²) in [4.78, 5) is 0. The predicted octanol–water partition coefficient (Wildman–Crippen LogP) is 10.6. The first-order valence-electron chi connectivity index (χ1n) is 15.4. The molecule has 0 amide bonds. The summed E-state index contributed by atoms with van der Waals surface area (Å²) in [7, 11) is -1.40. The predicted molar refractivity (Wildman–Crippen MR) is 149 cm³/mol. The van der Waals surface area contributed by atoms with E-state index in [2.05, 4.69) is 39.2 Å². The zero-order valence-corrected chi connectivity index (χ0v) is 23.4. The summed E-state index contributed by atoms with van der Waals surface area (Å²) >= 11 is 0. The minimum atomic E-state index is -1.40. The maximum atomic E-state index is 4.21. The molecule has 0 N–H and O–H groups in total. The molecule has 4 fully saturated rings. The van der Waals surface area contributed by atoms with Crippen LogP contribution in [0.2, 0.25) is 23.2 Å². The number of allylic oxidation sites excluding steroid dienone is 2. The second kappa shape index (κ2) is 12.1. The minimum absolute atomic E-state index is 0.973. The molecule has 8 atom stereocenters. The van der Waals surface area contributed by atoms with Crippen LogP contribution in [0, 0.1) is 35.5 Å². The lowest BCUT2D eigenvalue weighted by molar-refractivity contribution is 0.221. The van der Waals surface area contributed by atoms with E-state index in [1.165, 1.54) is 64.2 Å². The van der Waals surface area contributed by atoms with Gasteiger partial charge < -0.3 is 0 Å². The van der Waals surface area contributed by atoms with Crippen molar-refractivity contribution in [3.63, 3.8) is 0 Å². The molecule has 4 aliphatic carbocycles. The number of unbranched alkanes of at least 4 members (excludes halogenated alkanes) is 2. The van der Waals surface area contributed by atoms with Crippen LogP contribution in [-0.2, 0) is 0 Å². The van der Waals surface area contributed by atoms with Gasteiger partial charge in [0, 0.05) is 0 Å². The molecule has 1 heteroatoms. The van der Waals surface area contributed by atoms with E-state index < -0.39 is 8.07 Å². The number of fused-ring (bicyclic) bond motifs is 2. The maximum Gasteiger partial charge on any atom is 0.0603 e. The molecule has 4 rings (SSSR count). The fraction of sp³-hybridized carbons (Fsp3) is 0.875. The van der Waals surface area contributed by atoms with Crippen LogP contribution >= 0.6 is 0 Å². The van der Waals surface area contributed by atoms with Gasteiger partial charge in [0.25, 0.3) is 0 Å². The Kier molecular flexibility index (Phi) is 9.45. The van der Waals surface area contributed by atoms with Crippen LogP contribution in [0.3, 0.4) is 0 Å². The average Bonchev–Trinajstić information content (AvgIpc) is 3.40. The van der Waals surface area contributed by atoms with E-state index in [0.717, 1.165) is 46.6 Å². The van der Waals surface area contributed by atoms with Crippen LogP contribution in [0.25, 0.3) is 0 Å². The highest BCUT2D eigenvalue weighted by molar-refractivity contribution is 6.82. The van der Waals surface area contributed by atoms with Crippen LogP contribution in [0.4, 0.5) is 0 Å². The molecule has 0 aromatic rings. The fourth-order valence-corrected chi connectivity index (χ4v) is 18.7. The Hall–Kier alpha value is -0.303. The first-order chi connectivity index (χ1) is 16.2. The van der Waals surface area contributed by atoms with Crippen LogP contribution < -0.4 is 0 Å². The Labute approximate surface area is 208 Å². The molecule has 0 heterocycles. The lowest BCUT2D eigenvalue weighted by Crippen LogP contribution is -2.48. The maximum absolute atomic E-state index is 4.21. The Morgan fingerprint density at radius 3 is 1.39 bits per heavy atom. The highest BCUT2D eigenvalue weighted by Gasteiger charge is 2.60. The summed E-state index contributed by atoms with van der Waals surface area (Å²) in [5.74, 6) is 6.21. The van der Waals surface area contributed by atoms with Gasteiger partial charge in [0.05, 0.1) is 8.07 Å². The summed E-state index contributed by atoms with van der Waals surface area (Å²) in [6.45, 7) is 13.4. The van der Waals surface area contributed by atoms with Crippen molar-refractivity contribution in [1.82, 2.24) is 0 Å². The molecule has 0 aliphatic heterocycles. The lowest BCUT2D eigenvalue weighted by Gasteiger charge is -2.50. The van der Waals surface area contributed by atoms with Crippen LogP contribution in [0.15, 0.2) is 25.3 Å². The first-order valence-corrected chi connectivity index (χ1v) is 18.0. The van der Waals surface area contributed by atoms with Gasteiger partial charge >= 0.3 is 0 Å². The third kappa shape index (κ3) is 5.15. The Balaban J connectivity index is 1.73. The molecule has 0 radical (unpaired) electrons. The van der Waals surface area contributed by atoms with E-state index in [-0.39, 0.29) is 0 Å². The third-order valence-corrected chi connectivity index (χ3v) is 18.4. The van der Waals surface area contributed by atoms with Gasteiger partial charge in [0.1, 0.15) is 0 Å². The van der Waals surface area contributed by atoms with E-state index in [0.29, 0.717) is 0 Å². The molecule has 0 aromatic heterocycles. The van der Waals surface area contributed by atoms with Crippen molar-refractivity contribution >= 4 is 8.07 Å². The topological polar surface area (TPSA) is 0 Å². The zero-order valence-electron chi connectivity index (χ0n) is 22.4. The summed E-state index contributed by atoms with van der Waals surface area (Å²) < 4.78 is 0. The third-order valence-electron chi connectivity index (χ3n) is 11.5. The van der Waals surface area contributed by atoms with Gasteiger partial charge in [0.2, 0.25) is 0 Å². The summed E-state index contributed by atoms with van der Waals surface area (Å²) in [5.41, 5.74) is 2.28. The SMILES string of the molecule is C=CCC1CC([Si](CCCC)(CCCC)C2CC(CC=C)C3CCCCC32)C2CCCCC12. The monoisotopic (exact) mass is 468 g/mol. The van der Waals surface area contributed by atoms with Gasteiger partial charge in [-0.1, -0.05) is 102 Å². The molecule has 0 bridgehead atoms. The van der Waals surface area contributed by atoms with E-state index in [9.17, 15) is 0 Å². The smallest absolute Gasteiger partial charge is 0.0603 e. The number of hydrogen-bond acceptors (Lipinski definition) is 0. The van der Waals surface area contributed by atoms with Gasteiger partial charge in [-0.15, -0.1) is 13.2 Å². The average molecular weight is 469 g/mol. The number of hydrogen-bond donors (Lipinski definition) is 0. The van der Waals surface area contributed by atoms with E-state index in [1.54, 1.807) is 50.6 Å². The van der Waals surface area contributed by atoms with Gasteiger partial charge in [-0.05, 0) is 85.1 Å². The first kappa shape index (κ1) is 25.8. The van der Waals surface area contributed by atoms with Gasteiger partial charge in [-0.3, -0.25) is 0 Å². The quantitative estimate of drug-likeness (QED) is 0.197. The van der Waals surface area contributed by atoms with Crippen molar-refractivity contribution in [2.45, 2.75) is 140 Å². The zero-order chi connectivity index (χ0) is 23.3. The summed E-state index contributed by atoms with van der Waals surface area (Å²) in [5, 5.41) is 0. The normalized spacial score (nSPS) is 38.6. The van der Waals surface area contributed by atoms with Crippen LogP contribution in [-0.4, -0.2) is 8.07 Å². The molecular weight excluding hydrogens is 412 g/mol. The highest BCUT2D eigenvalue weighted by atomic mass is 28.3. The van der Waals surface area contributed by atoms with Crippen molar-refractivity contribution in [2.75, 3.05) is 0 Å². The standard InChI is InChI=1S/C32H56Si/c1-5-9-21-33(22-10-6-2,31-23-25(15-7-3)27-17-11-13-19-29(27)31)32-24-26(16-8-4)28-18-12-14-20-30(28)32/h7-8,25-32H,3-6,9-24H2,1-2H3. The summed E-state index contributed by atoms with van der Waals surface area (Å²) in [6.07, 6.45) is 28.6. The van der Waals surface area contributed by atoms with Gasteiger partial charge in [-0.25, -0.2) is 0 Å². The van der Waals surface area contributed by atoms with E-state index in [4.69, 9.17) is 0 Å². The van der Waals surface area contributed by atoms with Crippen molar-refractivity contribution < 1.29 is 0 Å². The lowest BCUT2D eigenvalue weighted by atomic mass is 9.77. The fourth-order valence-electron chi connectivity index (χ4n) is 10.3. The summed E-state index contributed by atoms with van der Waals surface area (Å²) in [6, 6.07) is 3.35. The minimum Gasteiger partial charge on any atom is -0.103 e. The Morgan fingerprint density at radius 1 is 0.636 bits per heavy atom. The van der Waals surface area contributed by atoms with E-state index in [1.807, 2.05) is 0 Å². The molecular formula is C32H56Si. The van der Waals surface area contributed by atoms with Gasteiger partial charge in [0.15, 0.2) is 0 Å². The molecule has 4 aliphatic rings. The van der Waals surface area contributed by atoms with E-state index >= 15 is 0 Å².